The van der Waals surface area contributed by atoms with Crippen LogP contribution in [0.25, 0.3) is 0 Å². The second-order valence-corrected chi connectivity index (χ2v) is 5.88. The first-order valence-corrected chi connectivity index (χ1v) is 7.14. The van der Waals surface area contributed by atoms with Crippen molar-refractivity contribution in [1.82, 2.24) is 4.90 Å². The molecule has 2 aliphatic carbocycles. The molecule has 0 spiro atoms. The van der Waals surface area contributed by atoms with Crippen LogP contribution < -0.4 is 0 Å². The zero-order valence-corrected chi connectivity index (χ0v) is 10.9. The largest absolute Gasteiger partial charge is 0.481 e. The van der Waals surface area contributed by atoms with Gasteiger partial charge in [-0.15, -0.1) is 0 Å². The van der Waals surface area contributed by atoms with Crippen LogP contribution in [-0.4, -0.2) is 34.6 Å². The van der Waals surface area contributed by atoms with Crippen LogP contribution in [0.5, 0.6) is 0 Å². The van der Waals surface area contributed by atoms with E-state index in [0.29, 0.717) is 6.42 Å². The van der Waals surface area contributed by atoms with Gasteiger partial charge in [-0.3, -0.25) is 9.69 Å². The molecule has 0 heterocycles. The van der Waals surface area contributed by atoms with Gasteiger partial charge in [-0.1, -0.05) is 6.92 Å². The van der Waals surface area contributed by atoms with Gasteiger partial charge in [-0.2, -0.15) is 0 Å². The Morgan fingerprint density at radius 3 is 2.12 bits per heavy atom. The summed E-state index contributed by atoms with van der Waals surface area (Å²) in [6.07, 6.45) is 9.16. The van der Waals surface area contributed by atoms with Crippen molar-refractivity contribution in [1.29, 1.82) is 0 Å². The van der Waals surface area contributed by atoms with Crippen molar-refractivity contribution in [2.75, 3.05) is 6.54 Å². The number of hydrogen-bond donors (Lipinski definition) is 1. The van der Waals surface area contributed by atoms with E-state index in [-0.39, 0.29) is 0 Å². The maximum atomic E-state index is 10.6. The van der Waals surface area contributed by atoms with E-state index in [4.69, 9.17) is 5.11 Å². The van der Waals surface area contributed by atoms with Gasteiger partial charge in [0.05, 0.1) is 0 Å². The molecular formula is C14H25NO2. The molecule has 0 amide bonds. The standard InChI is InChI=1S/C14H25NO2/c1-11-4-6-12(7-5-11)15(13-8-9-13)10-2-3-14(16)17/h11-13H,2-10H2,1H3,(H,16,17). The highest BCUT2D eigenvalue weighted by Gasteiger charge is 2.34. The molecule has 0 aliphatic heterocycles. The molecule has 17 heavy (non-hydrogen) atoms. The average Bonchev–Trinajstić information content (AvgIpc) is 3.10. The van der Waals surface area contributed by atoms with Gasteiger partial charge < -0.3 is 5.11 Å². The highest BCUT2D eigenvalue weighted by Crippen LogP contribution is 2.35. The van der Waals surface area contributed by atoms with E-state index >= 15 is 0 Å². The Labute approximate surface area is 104 Å². The summed E-state index contributed by atoms with van der Waals surface area (Å²) in [5, 5.41) is 8.71. The van der Waals surface area contributed by atoms with Crippen molar-refractivity contribution in [3.63, 3.8) is 0 Å². The Morgan fingerprint density at radius 1 is 1.12 bits per heavy atom. The van der Waals surface area contributed by atoms with Crippen LogP contribution in [-0.2, 0) is 4.79 Å². The molecule has 0 saturated heterocycles. The molecule has 2 fully saturated rings. The number of aliphatic carboxylic acids is 1. The highest BCUT2D eigenvalue weighted by atomic mass is 16.4. The monoisotopic (exact) mass is 239 g/mol. The number of carboxylic acids is 1. The Kier molecular flexibility index (Phi) is 4.43. The first-order valence-electron chi connectivity index (χ1n) is 7.14. The van der Waals surface area contributed by atoms with Crippen LogP contribution in [0, 0.1) is 5.92 Å². The predicted molar refractivity (Wildman–Crippen MR) is 68.0 cm³/mol. The average molecular weight is 239 g/mol. The number of hydrogen-bond acceptors (Lipinski definition) is 2. The van der Waals surface area contributed by atoms with Gasteiger partial charge in [0.1, 0.15) is 0 Å². The van der Waals surface area contributed by atoms with Crippen molar-refractivity contribution in [2.45, 2.75) is 70.4 Å². The smallest absolute Gasteiger partial charge is 0.303 e. The van der Waals surface area contributed by atoms with Gasteiger partial charge >= 0.3 is 5.97 Å². The van der Waals surface area contributed by atoms with Gasteiger partial charge in [0.2, 0.25) is 0 Å². The Morgan fingerprint density at radius 2 is 1.65 bits per heavy atom. The molecule has 0 aromatic rings. The van der Waals surface area contributed by atoms with Crippen LogP contribution in [0.1, 0.15) is 58.3 Å². The third-order valence-corrected chi connectivity index (χ3v) is 4.28. The molecule has 0 atom stereocenters. The van der Waals surface area contributed by atoms with Gasteiger partial charge in [0.25, 0.3) is 0 Å². The number of rotatable bonds is 6. The van der Waals surface area contributed by atoms with Crippen LogP contribution in [0.2, 0.25) is 0 Å². The Bertz CT molecular complexity index is 255. The summed E-state index contributed by atoms with van der Waals surface area (Å²) >= 11 is 0. The summed E-state index contributed by atoms with van der Waals surface area (Å²) in [7, 11) is 0. The molecule has 0 aromatic heterocycles. The van der Waals surface area contributed by atoms with Crippen LogP contribution in [0.3, 0.4) is 0 Å². The van der Waals surface area contributed by atoms with Gasteiger partial charge in [0.15, 0.2) is 0 Å². The van der Waals surface area contributed by atoms with Crippen LogP contribution >= 0.6 is 0 Å². The molecule has 2 aliphatic rings. The van der Waals surface area contributed by atoms with Crippen LogP contribution in [0.15, 0.2) is 0 Å². The molecular weight excluding hydrogens is 214 g/mol. The second kappa shape index (κ2) is 5.85. The van der Waals surface area contributed by atoms with Crippen molar-refractivity contribution >= 4 is 5.97 Å². The van der Waals surface area contributed by atoms with E-state index in [9.17, 15) is 4.79 Å². The lowest BCUT2D eigenvalue weighted by Gasteiger charge is -2.36. The van der Waals surface area contributed by atoms with Crippen molar-refractivity contribution in [3.05, 3.63) is 0 Å². The fourth-order valence-corrected chi connectivity index (χ4v) is 3.06. The topological polar surface area (TPSA) is 40.5 Å². The summed E-state index contributed by atoms with van der Waals surface area (Å²) in [4.78, 5) is 13.2. The fourth-order valence-electron chi connectivity index (χ4n) is 3.06. The first kappa shape index (κ1) is 12.9. The van der Waals surface area contributed by atoms with Crippen molar-refractivity contribution in [3.8, 4) is 0 Å². The Hall–Kier alpha value is -0.570. The summed E-state index contributed by atoms with van der Waals surface area (Å²) in [5.74, 6) is 0.240. The minimum absolute atomic E-state index is 0.326. The molecule has 98 valence electrons. The lowest BCUT2D eigenvalue weighted by atomic mass is 9.86. The normalized spacial score (nSPS) is 29.5. The number of carbonyl (C=O) groups is 1. The zero-order valence-electron chi connectivity index (χ0n) is 10.9. The van der Waals surface area contributed by atoms with Crippen LogP contribution in [0.4, 0.5) is 0 Å². The lowest BCUT2D eigenvalue weighted by Crippen LogP contribution is -2.40. The third-order valence-electron chi connectivity index (χ3n) is 4.28. The van der Waals surface area contributed by atoms with Crippen molar-refractivity contribution in [2.24, 2.45) is 5.92 Å². The zero-order chi connectivity index (χ0) is 12.3. The maximum absolute atomic E-state index is 10.6. The number of nitrogens with zero attached hydrogens (tertiary/aromatic N) is 1. The molecule has 2 saturated carbocycles. The molecule has 0 unspecified atom stereocenters. The molecule has 3 heteroatoms. The molecule has 1 N–H and O–H groups in total. The summed E-state index contributed by atoms with van der Waals surface area (Å²) < 4.78 is 0. The van der Waals surface area contributed by atoms with Gasteiger partial charge in [0, 0.05) is 18.5 Å². The molecule has 3 nitrogen and oxygen atoms in total. The summed E-state index contributed by atoms with van der Waals surface area (Å²) in [6, 6.07) is 1.52. The first-order chi connectivity index (χ1) is 8.16. The van der Waals surface area contributed by atoms with Crippen molar-refractivity contribution < 1.29 is 9.90 Å². The SMILES string of the molecule is CC1CCC(N(CCCC(=O)O)C2CC2)CC1. The Balaban J connectivity index is 1.78. The van der Waals surface area contributed by atoms with E-state index in [1.165, 1.54) is 38.5 Å². The third kappa shape index (κ3) is 3.98. The quantitative estimate of drug-likeness (QED) is 0.774. The van der Waals surface area contributed by atoms with Gasteiger partial charge in [-0.05, 0) is 57.4 Å². The lowest BCUT2D eigenvalue weighted by molar-refractivity contribution is -0.137. The van der Waals surface area contributed by atoms with Gasteiger partial charge in [-0.25, -0.2) is 0 Å². The highest BCUT2D eigenvalue weighted by molar-refractivity contribution is 5.66. The predicted octanol–water partition coefficient (Wildman–Crippen LogP) is 2.89. The van der Waals surface area contributed by atoms with E-state index < -0.39 is 5.97 Å². The molecule has 2 rings (SSSR count). The minimum atomic E-state index is -0.655. The minimum Gasteiger partial charge on any atom is -0.481 e. The fraction of sp³-hybridized carbons (Fsp3) is 0.929. The van der Waals surface area contributed by atoms with E-state index in [2.05, 4.69) is 11.8 Å². The van der Waals surface area contributed by atoms with E-state index in [0.717, 1.165) is 31.0 Å². The molecule has 0 radical (unpaired) electrons. The second-order valence-electron chi connectivity index (χ2n) is 5.88. The molecule has 0 bridgehead atoms. The maximum Gasteiger partial charge on any atom is 0.303 e. The van der Waals surface area contributed by atoms with E-state index in [1.54, 1.807) is 0 Å². The summed E-state index contributed by atoms with van der Waals surface area (Å²) in [5.41, 5.74) is 0. The molecule has 0 aromatic carbocycles. The summed E-state index contributed by atoms with van der Waals surface area (Å²) in [6.45, 7) is 3.35. The number of carboxylic acid groups (broad SMARTS) is 1. The van der Waals surface area contributed by atoms with E-state index in [1.807, 2.05) is 0 Å².